The topological polar surface area (TPSA) is 191 Å². The maximum absolute atomic E-state index is 11.3. The molecule has 24 heavy (non-hydrogen) atoms. The molecule has 0 spiro atoms. The Bertz CT molecular complexity index is 606. The summed E-state index contributed by atoms with van der Waals surface area (Å²) >= 11 is 0. The van der Waals surface area contributed by atoms with Crippen LogP contribution < -0.4 is 5.48 Å². The quantitative estimate of drug-likeness (QED) is 0.245. The summed E-state index contributed by atoms with van der Waals surface area (Å²) in [4.78, 5) is 31.2. The number of aliphatic hydroxyl groups excluding tert-OH is 1. The molecular weight excluding hydrogens is 372 g/mol. The number of rotatable bonds is 6. The van der Waals surface area contributed by atoms with E-state index in [2.05, 4.69) is 13.8 Å². The van der Waals surface area contributed by atoms with Crippen molar-refractivity contribution in [2.75, 3.05) is 6.61 Å². The summed E-state index contributed by atoms with van der Waals surface area (Å²) in [6.45, 7) is -0.440. The number of nitrogens with zero attached hydrogens (tertiary/aromatic N) is 2. The Morgan fingerprint density at radius 3 is 2.67 bits per heavy atom. The summed E-state index contributed by atoms with van der Waals surface area (Å²) < 4.78 is 35.6. The number of hydroxylamine groups is 1. The van der Waals surface area contributed by atoms with Crippen molar-refractivity contribution in [1.29, 1.82) is 0 Å². The normalized spacial score (nSPS) is 30.1. The van der Waals surface area contributed by atoms with Crippen LogP contribution in [0.2, 0.25) is 0 Å². The van der Waals surface area contributed by atoms with E-state index in [1.807, 2.05) is 0 Å². The zero-order chi connectivity index (χ0) is 18.0. The lowest BCUT2D eigenvalue weighted by atomic mass is 10.2. The first-order chi connectivity index (χ1) is 11.1. The van der Waals surface area contributed by atoms with Gasteiger partial charge in [0.2, 0.25) is 6.35 Å². The first-order valence-electron chi connectivity index (χ1n) is 6.61. The maximum atomic E-state index is 11.3. The zero-order valence-electron chi connectivity index (χ0n) is 12.1. The maximum Gasteiger partial charge on any atom is 0.481 e. The predicted octanol–water partition coefficient (Wildman–Crippen LogP) is -0.800. The highest BCUT2D eigenvalue weighted by Gasteiger charge is 2.37. The third kappa shape index (κ3) is 5.60. The second-order valence-corrected chi connectivity index (χ2v) is 7.69. The molecule has 2 heterocycles. The van der Waals surface area contributed by atoms with Crippen LogP contribution in [0.4, 0.5) is 0 Å². The fourth-order valence-electron chi connectivity index (χ4n) is 2.14. The molecule has 0 aromatic rings. The highest BCUT2D eigenvalue weighted by atomic mass is 31.3. The van der Waals surface area contributed by atoms with Gasteiger partial charge in [-0.3, -0.25) is 15.2 Å². The van der Waals surface area contributed by atoms with Crippen LogP contribution >= 0.6 is 15.6 Å². The van der Waals surface area contributed by atoms with Gasteiger partial charge in [-0.2, -0.15) is 4.31 Å². The molecule has 0 aromatic carbocycles. The van der Waals surface area contributed by atoms with Gasteiger partial charge in [-0.15, -0.1) is 0 Å². The molecule has 6 N–H and O–H groups in total. The van der Waals surface area contributed by atoms with E-state index in [1.165, 1.54) is 17.2 Å². The fourth-order valence-corrected chi connectivity index (χ4v) is 3.76. The number of hydrogen-bond acceptors (Lipinski definition) is 10. The summed E-state index contributed by atoms with van der Waals surface area (Å²) in [5.41, 5.74) is 1.79. The fraction of sp³-hybridized carbons (Fsp3) is 0.667. The Balaban J connectivity index is 1.84. The minimum atomic E-state index is -5.17. The average Bonchev–Trinajstić information content (AvgIpc) is 2.91. The van der Waals surface area contributed by atoms with Crippen LogP contribution in [0.5, 0.6) is 0 Å². The Morgan fingerprint density at radius 2 is 2.08 bits per heavy atom. The third-order valence-electron chi connectivity index (χ3n) is 3.09. The van der Waals surface area contributed by atoms with Gasteiger partial charge in [-0.1, -0.05) is 0 Å². The summed E-state index contributed by atoms with van der Waals surface area (Å²) in [6.07, 6.45) is 1.12. The number of aliphatic hydroxyl groups is 1. The smallest absolute Gasteiger partial charge is 0.355 e. The molecule has 2 aliphatic heterocycles. The molecule has 2 unspecified atom stereocenters. The largest absolute Gasteiger partial charge is 0.481 e. The first-order valence-corrected chi connectivity index (χ1v) is 9.63. The van der Waals surface area contributed by atoms with Gasteiger partial charge in [0.25, 0.3) is 0 Å². The monoisotopic (exact) mass is 389 g/mol. The van der Waals surface area contributed by atoms with Gasteiger partial charge in [-0.05, 0) is 18.9 Å². The number of nitrogens with one attached hydrogen (secondary N) is 1. The van der Waals surface area contributed by atoms with Crippen molar-refractivity contribution in [1.82, 2.24) is 10.4 Å². The standard InChI is InChI=1S/C9H17N3O10P2/c13-9-10-7(11-14)3-4-12(9)8-2-1-6(21-8)5-20-24(18,19)22-23(15,16)17/h3-4,6,8-9,13-14H,1-2,5H2,(H,10,11)(H,18,19)(H2,15,16,17)/t6-,8+,9?/m0/s1. The van der Waals surface area contributed by atoms with Crippen LogP contribution in [-0.4, -0.2) is 61.0 Å². The van der Waals surface area contributed by atoms with E-state index < -0.39 is 40.9 Å². The first kappa shape index (κ1) is 19.5. The molecule has 0 aliphatic carbocycles. The molecule has 0 saturated carbocycles. The van der Waals surface area contributed by atoms with Crippen molar-refractivity contribution < 1.29 is 47.7 Å². The molecule has 0 bridgehead atoms. The van der Waals surface area contributed by atoms with Crippen molar-refractivity contribution in [2.24, 2.45) is 4.99 Å². The summed E-state index contributed by atoms with van der Waals surface area (Å²) in [5.74, 6) is 0.0624. The second-order valence-electron chi connectivity index (χ2n) is 4.86. The molecule has 2 rings (SSSR count). The number of hydrogen-bond donors (Lipinski definition) is 6. The van der Waals surface area contributed by atoms with Crippen LogP contribution in [-0.2, 0) is 22.7 Å². The highest BCUT2D eigenvalue weighted by Crippen LogP contribution is 2.57. The lowest BCUT2D eigenvalue weighted by Crippen LogP contribution is -2.42. The van der Waals surface area contributed by atoms with Crippen LogP contribution in [0, 0.1) is 0 Å². The summed E-state index contributed by atoms with van der Waals surface area (Å²) in [7, 11) is -10.1. The Hall–Kier alpha value is -0.850. The van der Waals surface area contributed by atoms with Gasteiger partial charge in [0, 0.05) is 6.20 Å². The Kier molecular flexibility index (Phi) is 6.15. The molecule has 0 aromatic heterocycles. The van der Waals surface area contributed by atoms with E-state index in [1.54, 1.807) is 5.48 Å². The number of amidine groups is 1. The minimum absolute atomic E-state index is 0.0624. The van der Waals surface area contributed by atoms with Crippen LogP contribution in [0.15, 0.2) is 17.3 Å². The molecule has 138 valence electrons. The lowest BCUT2D eigenvalue weighted by Gasteiger charge is -2.31. The zero-order valence-corrected chi connectivity index (χ0v) is 13.9. The summed E-state index contributed by atoms with van der Waals surface area (Å²) in [5, 5.41) is 18.5. The predicted molar refractivity (Wildman–Crippen MR) is 76.1 cm³/mol. The van der Waals surface area contributed by atoms with Crippen molar-refractivity contribution in [3.8, 4) is 0 Å². The van der Waals surface area contributed by atoms with Crippen LogP contribution in [0.3, 0.4) is 0 Å². The van der Waals surface area contributed by atoms with E-state index >= 15 is 0 Å². The van der Waals surface area contributed by atoms with Crippen molar-refractivity contribution in [3.05, 3.63) is 12.3 Å². The van der Waals surface area contributed by atoms with E-state index in [0.717, 1.165) is 0 Å². The molecule has 1 fully saturated rings. The number of aliphatic imine (C=N–C) groups is 1. The number of ether oxygens (including phenoxy) is 1. The molecule has 2 aliphatic rings. The van der Waals surface area contributed by atoms with Gasteiger partial charge in [0.1, 0.15) is 6.23 Å². The molecule has 15 heteroatoms. The van der Waals surface area contributed by atoms with Crippen molar-refractivity contribution >= 4 is 21.5 Å². The number of phosphoric ester groups is 1. The van der Waals surface area contributed by atoms with E-state index in [0.29, 0.717) is 12.8 Å². The van der Waals surface area contributed by atoms with Crippen LogP contribution in [0.25, 0.3) is 0 Å². The van der Waals surface area contributed by atoms with Crippen molar-refractivity contribution in [3.63, 3.8) is 0 Å². The van der Waals surface area contributed by atoms with Gasteiger partial charge in [-0.25, -0.2) is 14.1 Å². The van der Waals surface area contributed by atoms with E-state index in [9.17, 15) is 19.1 Å². The Labute approximate surface area is 136 Å². The summed E-state index contributed by atoms with van der Waals surface area (Å²) in [6, 6.07) is 0. The number of phosphoric acid groups is 2. The SMILES string of the molecule is O=P(O)(O)OP(=O)(O)OC[C@@H]1CC[C@H](N2C=CC(NO)=NC2O)O1. The third-order valence-corrected chi connectivity index (χ3v) is 5.24. The Morgan fingerprint density at radius 1 is 1.38 bits per heavy atom. The van der Waals surface area contributed by atoms with Gasteiger partial charge < -0.3 is 29.4 Å². The van der Waals surface area contributed by atoms with Crippen LogP contribution in [0.1, 0.15) is 12.8 Å². The molecule has 4 atom stereocenters. The minimum Gasteiger partial charge on any atom is -0.355 e. The molecule has 0 amide bonds. The molecule has 1 saturated heterocycles. The van der Waals surface area contributed by atoms with Crippen molar-refractivity contribution in [2.45, 2.75) is 31.5 Å². The van der Waals surface area contributed by atoms with Gasteiger partial charge >= 0.3 is 15.6 Å². The van der Waals surface area contributed by atoms with E-state index in [-0.39, 0.29) is 5.84 Å². The lowest BCUT2D eigenvalue weighted by molar-refractivity contribution is -0.105. The van der Waals surface area contributed by atoms with Gasteiger partial charge in [0.15, 0.2) is 5.84 Å². The van der Waals surface area contributed by atoms with E-state index in [4.69, 9.17) is 19.7 Å². The van der Waals surface area contributed by atoms with Gasteiger partial charge in [0.05, 0.1) is 12.7 Å². The second kappa shape index (κ2) is 7.58. The average molecular weight is 389 g/mol. The molecular formula is C9H17N3O10P2. The molecule has 0 radical (unpaired) electrons. The highest BCUT2D eigenvalue weighted by molar-refractivity contribution is 7.60. The molecule has 13 nitrogen and oxygen atoms in total.